The lowest BCUT2D eigenvalue weighted by molar-refractivity contribution is -0.133. The van der Waals surface area contributed by atoms with Gasteiger partial charge in [-0.2, -0.15) is 0 Å². The largest absolute Gasteiger partial charge is 0.508 e. The van der Waals surface area contributed by atoms with E-state index in [9.17, 15) is 15.0 Å². The average molecular weight is 314 g/mol. The standard InChI is InChI=1S/C19H22O4/c1-10(2)12-7-14(20)16-13-6-11(17(21)22)4-5-19(13)9-18(19,3)23-15(16)8-12/h4,7-8,10,13,20H,5-6,9H2,1-3H3,(H,21,22)/t13-,18?,19-/m0/s1. The molecule has 3 aliphatic rings. The van der Waals surface area contributed by atoms with E-state index in [2.05, 4.69) is 20.8 Å². The van der Waals surface area contributed by atoms with Gasteiger partial charge < -0.3 is 14.9 Å². The van der Waals surface area contributed by atoms with Gasteiger partial charge in [0, 0.05) is 22.5 Å². The van der Waals surface area contributed by atoms with Crippen LogP contribution < -0.4 is 4.74 Å². The van der Waals surface area contributed by atoms with E-state index in [1.807, 2.05) is 18.2 Å². The Kier molecular flexibility index (Phi) is 2.74. The number of carbonyl (C=O) groups is 1. The van der Waals surface area contributed by atoms with E-state index in [1.54, 1.807) is 0 Å². The van der Waals surface area contributed by atoms with E-state index in [0.717, 1.165) is 23.3 Å². The van der Waals surface area contributed by atoms with E-state index in [4.69, 9.17) is 4.74 Å². The third-order valence-electron chi connectivity index (χ3n) is 6.15. The zero-order chi connectivity index (χ0) is 16.6. The molecule has 1 aromatic carbocycles. The van der Waals surface area contributed by atoms with Gasteiger partial charge in [0.05, 0.1) is 0 Å². The number of phenolic OH excluding ortho intramolecular Hbond substituents is 1. The van der Waals surface area contributed by atoms with Gasteiger partial charge in [0.2, 0.25) is 0 Å². The van der Waals surface area contributed by atoms with E-state index >= 15 is 0 Å². The Morgan fingerprint density at radius 2 is 2.13 bits per heavy atom. The summed E-state index contributed by atoms with van der Waals surface area (Å²) in [5.41, 5.74) is 2.00. The fourth-order valence-electron chi connectivity index (χ4n) is 4.62. The first-order valence-electron chi connectivity index (χ1n) is 8.25. The number of phenols is 1. The fourth-order valence-corrected chi connectivity index (χ4v) is 4.62. The maximum absolute atomic E-state index is 11.4. The second-order valence-corrected chi connectivity index (χ2v) is 7.77. The Morgan fingerprint density at radius 3 is 2.78 bits per heavy atom. The van der Waals surface area contributed by atoms with Crippen LogP contribution in [0.25, 0.3) is 0 Å². The van der Waals surface area contributed by atoms with Crippen molar-refractivity contribution in [3.05, 3.63) is 34.9 Å². The van der Waals surface area contributed by atoms with Gasteiger partial charge in [0.1, 0.15) is 17.1 Å². The molecule has 1 unspecified atom stereocenters. The molecule has 3 atom stereocenters. The first-order valence-corrected chi connectivity index (χ1v) is 8.25. The van der Waals surface area contributed by atoms with Gasteiger partial charge in [0.25, 0.3) is 0 Å². The van der Waals surface area contributed by atoms with Crippen LogP contribution in [-0.2, 0) is 4.79 Å². The number of rotatable bonds is 2. The number of ether oxygens (including phenoxy) is 1. The molecule has 1 aromatic rings. The van der Waals surface area contributed by atoms with Crippen LogP contribution in [0.3, 0.4) is 0 Å². The second kappa shape index (κ2) is 4.31. The zero-order valence-corrected chi connectivity index (χ0v) is 13.7. The van der Waals surface area contributed by atoms with Crippen molar-refractivity contribution in [1.82, 2.24) is 0 Å². The molecule has 2 N–H and O–H groups in total. The lowest BCUT2D eigenvalue weighted by Gasteiger charge is -2.40. The lowest BCUT2D eigenvalue weighted by Crippen LogP contribution is -2.36. The average Bonchev–Trinajstić information content (AvgIpc) is 3.06. The van der Waals surface area contributed by atoms with Crippen molar-refractivity contribution in [2.75, 3.05) is 0 Å². The van der Waals surface area contributed by atoms with Crippen LogP contribution in [0.4, 0.5) is 0 Å². The van der Waals surface area contributed by atoms with E-state index in [1.165, 1.54) is 0 Å². The number of aliphatic carboxylic acids is 1. The number of carboxylic acids is 1. The summed E-state index contributed by atoms with van der Waals surface area (Å²) < 4.78 is 6.28. The van der Waals surface area contributed by atoms with Crippen molar-refractivity contribution in [1.29, 1.82) is 0 Å². The molecule has 0 saturated heterocycles. The van der Waals surface area contributed by atoms with Crippen LogP contribution >= 0.6 is 0 Å². The Balaban J connectivity index is 1.86. The van der Waals surface area contributed by atoms with Crippen LogP contribution in [0.15, 0.2) is 23.8 Å². The monoisotopic (exact) mass is 314 g/mol. The van der Waals surface area contributed by atoms with E-state index in [0.29, 0.717) is 24.3 Å². The second-order valence-electron chi connectivity index (χ2n) is 7.77. The van der Waals surface area contributed by atoms with Crippen molar-refractivity contribution < 1.29 is 19.7 Å². The van der Waals surface area contributed by atoms with Gasteiger partial charge in [-0.15, -0.1) is 0 Å². The lowest BCUT2D eigenvalue weighted by atomic mass is 9.69. The summed E-state index contributed by atoms with van der Waals surface area (Å²) in [5, 5.41) is 20.0. The number of hydrogen-bond donors (Lipinski definition) is 2. The number of fused-ring (bicyclic) bond motifs is 2. The van der Waals surface area contributed by atoms with Crippen molar-refractivity contribution in [3.8, 4) is 11.5 Å². The van der Waals surface area contributed by atoms with Crippen LogP contribution in [0.2, 0.25) is 0 Å². The van der Waals surface area contributed by atoms with E-state index < -0.39 is 5.97 Å². The molecule has 0 radical (unpaired) electrons. The topological polar surface area (TPSA) is 66.8 Å². The third-order valence-corrected chi connectivity index (χ3v) is 6.15. The van der Waals surface area contributed by atoms with Crippen LogP contribution in [-0.4, -0.2) is 21.8 Å². The number of hydrogen-bond acceptors (Lipinski definition) is 3. The molecule has 0 amide bonds. The molecule has 122 valence electrons. The predicted octanol–water partition coefficient (Wildman–Crippen LogP) is 3.95. The summed E-state index contributed by atoms with van der Waals surface area (Å²) >= 11 is 0. The molecule has 23 heavy (non-hydrogen) atoms. The van der Waals surface area contributed by atoms with Gasteiger partial charge in [-0.3, -0.25) is 0 Å². The molecule has 0 aromatic heterocycles. The Morgan fingerprint density at radius 1 is 1.39 bits per heavy atom. The molecule has 1 spiro atoms. The zero-order valence-electron chi connectivity index (χ0n) is 13.7. The number of benzene rings is 1. The molecule has 4 rings (SSSR count). The molecule has 2 aliphatic carbocycles. The number of carboxylic acid groups (broad SMARTS) is 1. The first kappa shape index (κ1) is 14.6. The molecule has 1 aliphatic heterocycles. The molecule has 0 bridgehead atoms. The minimum absolute atomic E-state index is 0.0218. The van der Waals surface area contributed by atoms with Crippen molar-refractivity contribution >= 4 is 5.97 Å². The molecular formula is C19H22O4. The Hall–Kier alpha value is -1.97. The highest BCUT2D eigenvalue weighted by Gasteiger charge is 2.73. The normalized spacial score (nSPS) is 33.9. The SMILES string of the molecule is CC(C)c1cc(O)c2c(c1)OC1(C)C[C@]13CC=C(C(=O)O)C[C@@H]23. The number of allylic oxidation sites excluding steroid dienone is 1. The van der Waals surface area contributed by atoms with E-state index in [-0.39, 0.29) is 22.7 Å². The smallest absolute Gasteiger partial charge is 0.331 e. The van der Waals surface area contributed by atoms with Gasteiger partial charge in [-0.1, -0.05) is 19.9 Å². The summed E-state index contributed by atoms with van der Waals surface area (Å²) in [6.45, 7) is 6.28. The minimum atomic E-state index is -0.853. The van der Waals surface area contributed by atoms with Crippen molar-refractivity contribution in [2.24, 2.45) is 5.41 Å². The van der Waals surface area contributed by atoms with Crippen LogP contribution in [0.1, 0.15) is 63.0 Å². The molecule has 1 saturated carbocycles. The predicted molar refractivity (Wildman–Crippen MR) is 86.0 cm³/mol. The number of aromatic hydroxyl groups is 1. The summed E-state index contributed by atoms with van der Waals surface area (Å²) in [6, 6.07) is 3.83. The highest BCUT2D eigenvalue weighted by Crippen LogP contribution is 2.74. The maximum atomic E-state index is 11.4. The van der Waals surface area contributed by atoms with Crippen molar-refractivity contribution in [3.63, 3.8) is 0 Å². The summed E-state index contributed by atoms with van der Waals surface area (Å²) in [4.78, 5) is 11.4. The highest BCUT2D eigenvalue weighted by molar-refractivity contribution is 5.87. The quantitative estimate of drug-likeness (QED) is 0.867. The molecular weight excluding hydrogens is 292 g/mol. The Bertz CT molecular complexity index is 748. The minimum Gasteiger partial charge on any atom is -0.508 e. The summed E-state index contributed by atoms with van der Waals surface area (Å²) in [6.07, 6.45) is 3.94. The third kappa shape index (κ3) is 1.81. The highest BCUT2D eigenvalue weighted by atomic mass is 16.5. The summed E-state index contributed by atoms with van der Waals surface area (Å²) in [5.74, 6) is 0.452. The first-order chi connectivity index (χ1) is 10.8. The molecule has 1 heterocycles. The van der Waals surface area contributed by atoms with Crippen LogP contribution in [0, 0.1) is 5.41 Å². The fraction of sp³-hybridized carbons (Fsp3) is 0.526. The Labute approximate surface area is 135 Å². The molecule has 1 fully saturated rings. The van der Waals surface area contributed by atoms with Gasteiger partial charge in [-0.25, -0.2) is 4.79 Å². The van der Waals surface area contributed by atoms with Gasteiger partial charge in [0.15, 0.2) is 0 Å². The molecule has 4 heteroatoms. The summed E-state index contributed by atoms with van der Waals surface area (Å²) in [7, 11) is 0. The molecule has 4 nitrogen and oxygen atoms in total. The maximum Gasteiger partial charge on any atom is 0.331 e. The van der Waals surface area contributed by atoms with Crippen molar-refractivity contribution in [2.45, 2.75) is 57.5 Å². The van der Waals surface area contributed by atoms with Gasteiger partial charge >= 0.3 is 5.97 Å². The van der Waals surface area contributed by atoms with Crippen LogP contribution in [0.5, 0.6) is 11.5 Å². The van der Waals surface area contributed by atoms with Gasteiger partial charge in [-0.05, 0) is 49.8 Å².